The maximum absolute atomic E-state index is 12.5. The molecule has 0 spiro atoms. The second-order valence-corrected chi connectivity index (χ2v) is 5.27. The molecule has 1 N–H and O–H groups in total. The summed E-state index contributed by atoms with van der Waals surface area (Å²) in [7, 11) is 1.65. The number of nitriles is 1. The number of rotatable bonds is 6. The Labute approximate surface area is 106 Å². The van der Waals surface area contributed by atoms with Crippen molar-refractivity contribution in [2.75, 3.05) is 13.6 Å². The van der Waals surface area contributed by atoms with E-state index in [1.54, 1.807) is 20.9 Å². The van der Waals surface area contributed by atoms with Gasteiger partial charge in [-0.15, -0.1) is 0 Å². The van der Waals surface area contributed by atoms with Crippen LogP contribution in [0.5, 0.6) is 0 Å². The van der Waals surface area contributed by atoms with Crippen molar-refractivity contribution in [2.45, 2.75) is 56.9 Å². The normalized spacial score (nSPS) is 21.4. The van der Waals surface area contributed by atoms with Gasteiger partial charge in [0.15, 0.2) is 0 Å². The average molecular weight is 263 g/mol. The first-order valence-corrected chi connectivity index (χ1v) is 6.13. The molecule has 2 atom stereocenters. The third-order valence-electron chi connectivity index (χ3n) is 3.45. The van der Waals surface area contributed by atoms with Crippen molar-refractivity contribution >= 4 is 0 Å². The van der Waals surface area contributed by atoms with Crippen LogP contribution in [0.3, 0.4) is 0 Å². The van der Waals surface area contributed by atoms with E-state index in [-0.39, 0.29) is 12.1 Å². The fourth-order valence-electron chi connectivity index (χ4n) is 2.17. The predicted molar refractivity (Wildman–Crippen MR) is 62.9 cm³/mol. The Morgan fingerprint density at radius 1 is 1.44 bits per heavy atom. The van der Waals surface area contributed by atoms with Crippen molar-refractivity contribution < 1.29 is 13.2 Å². The maximum Gasteiger partial charge on any atom is 0.401 e. The predicted octanol–water partition coefficient (Wildman–Crippen LogP) is 2.29. The maximum atomic E-state index is 12.5. The molecule has 2 unspecified atom stereocenters. The van der Waals surface area contributed by atoms with Gasteiger partial charge in [-0.25, -0.2) is 0 Å². The topological polar surface area (TPSA) is 39.1 Å². The minimum atomic E-state index is -4.18. The van der Waals surface area contributed by atoms with E-state index in [4.69, 9.17) is 5.26 Å². The van der Waals surface area contributed by atoms with Crippen LogP contribution in [0.4, 0.5) is 13.2 Å². The lowest BCUT2D eigenvalue weighted by atomic mass is 9.94. The van der Waals surface area contributed by atoms with E-state index in [1.165, 1.54) is 4.90 Å². The van der Waals surface area contributed by atoms with Gasteiger partial charge in [-0.1, -0.05) is 0 Å². The van der Waals surface area contributed by atoms with E-state index < -0.39 is 18.3 Å². The summed E-state index contributed by atoms with van der Waals surface area (Å²) in [6, 6.07) is 1.88. The molecule has 0 aliphatic heterocycles. The fraction of sp³-hybridized carbons (Fsp3) is 0.917. The number of nitrogens with one attached hydrogen (secondary N) is 1. The number of hydrogen-bond donors (Lipinski definition) is 1. The number of alkyl halides is 3. The summed E-state index contributed by atoms with van der Waals surface area (Å²) in [6.07, 6.45) is -2.15. The highest BCUT2D eigenvalue weighted by molar-refractivity contribution is 5.05. The lowest BCUT2D eigenvalue weighted by Crippen LogP contribution is -2.48. The third kappa shape index (κ3) is 4.46. The number of hydrogen-bond acceptors (Lipinski definition) is 3. The van der Waals surface area contributed by atoms with E-state index in [1.807, 2.05) is 0 Å². The minimum Gasteiger partial charge on any atom is -0.303 e. The lowest BCUT2D eigenvalue weighted by molar-refractivity contribution is -0.152. The standard InChI is InChI=1S/C12H20F3N3/c1-9(6-11(2,7-16)17-3)18(10-4-5-10)8-12(13,14)15/h9-10,17H,4-6,8H2,1-3H3. The lowest BCUT2D eigenvalue weighted by Gasteiger charge is -2.34. The molecule has 3 nitrogen and oxygen atoms in total. The molecule has 0 bridgehead atoms. The first kappa shape index (κ1) is 15.3. The van der Waals surface area contributed by atoms with Gasteiger partial charge >= 0.3 is 6.18 Å². The van der Waals surface area contributed by atoms with E-state index >= 15 is 0 Å². The van der Waals surface area contributed by atoms with Gasteiger partial charge in [0.1, 0.15) is 5.54 Å². The molecule has 1 saturated carbocycles. The van der Waals surface area contributed by atoms with Gasteiger partial charge in [-0.3, -0.25) is 4.90 Å². The van der Waals surface area contributed by atoms with Crippen molar-refractivity contribution in [1.29, 1.82) is 5.26 Å². The first-order valence-electron chi connectivity index (χ1n) is 6.13. The van der Waals surface area contributed by atoms with Gasteiger partial charge in [-0.05, 0) is 40.2 Å². The molecule has 0 heterocycles. The van der Waals surface area contributed by atoms with E-state index in [9.17, 15) is 13.2 Å². The van der Waals surface area contributed by atoms with Crippen LogP contribution in [0.1, 0.15) is 33.1 Å². The monoisotopic (exact) mass is 263 g/mol. The quantitative estimate of drug-likeness (QED) is 0.799. The third-order valence-corrected chi connectivity index (χ3v) is 3.45. The van der Waals surface area contributed by atoms with E-state index in [2.05, 4.69) is 11.4 Å². The van der Waals surface area contributed by atoms with Crippen LogP contribution < -0.4 is 5.32 Å². The SMILES string of the molecule is CNC(C)(C#N)CC(C)N(CC(F)(F)F)C1CC1. The second-order valence-electron chi connectivity index (χ2n) is 5.27. The van der Waals surface area contributed by atoms with Crippen molar-refractivity contribution in [3.8, 4) is 6.07 Å². The molecule has 18 heavy (non-hydrogen) atoms. The highest BCUT2D eigenvalue weighted by Gasteiger charge is 2.41. The Balaban J connectivity index is 2.66. The minimum absolute atomic E-state index is 0.0291. The van der Waals surface area contributed by atoms with Crippen LogP contribution in [0.2, 0.25) is 0 Å². The number of nitrogens with zero attached hydrogens (tertiary/aromatic N) is 2. The molecule has 1 fully saturated rings. The molecule has 0 amide bonds. The summed E-state index contributed by atoms with van der Waals surface area (Å²) in [6.45, 7) is 2.59. The van der Waals surface area contributed by atoms with Gasteiger partial charge in [0, 0.05) is 12.1 Å². The molecule has 0 aromatic heterocycles. The van der Waals surface area contributed by atoms with E-state index in [0.717, 1.165) is 12.8 Å². The van der Waals surface area contributed by atoms with Gasteiger partial charge in [0.25, 0.3) is 0 Å². The average Bonchev–Trinajstić information content (AvgIpc) is 3.08. The van der Waals surface area contributed by atoms with Crippen molar-refractivity contribution in [3.05, 3.63) is 0 Å². The summed E-state index contributed by atoms with van der Waals surface area (Å²) >= 11 is 0. The Bertz CT molecular complexity index is 320. The van der Waals surface area contributed by atoms with Crippen LogP contribution in [-0.2, 0) is 0 Å². The molecular formula is C12H20F3N3. The van der Waals surface area contributed by atoms with Crippen LogP contribution in [0, 0.1) is 11.3 Å². The van der Waals surface area contributed by atoms with Gasteiger partial charge in [-0.2, -0.15) is 18.4 Å². The smallest absolute Gasteiger partial charge is 0.303 e. The van der Waals surface area contributed by atoms with Gasteiger partial charge < -0.3 is 5.32 Å². The van der Waals surface area contributed by atoms with E-state index in [0.29, 0.717) is 6.42 Å². The van der Waals surface area contributed by atoms with Crippen LogP contribution in [0.25, 0.3) is 0 Å². The molecule has 6 heteroatoms. The zero-order valence-electron chi connectivity index (χ0n) is 11.0. The number of halogens is 3. The highest BCUT2D eigenvalue weighted by atomic mass is 19.4. The second kappa shape index (κ2) is 5.45. The summed E-state index contributed by atoms with van der Waals surface area (Å²) in [5.74, 6) is 0. The molecule has 1 aliphatic rings. The molecule has 0 saturated heterocycles. The summed E-state index contributed by atoms with van der Waals surface area (Å²) in [5, 5.41) is 11.9. The van der Waals surface area contributed by atoms with Crippen LogP contribution in [0.15, 0.2) is 0 Å². The Morgan fingerprint density at radius 3 is 2.33 bits per heavy atom. The van der Waals surface area contributed by atoms with Crippen molar-refractivity contribution in [1.82, 2.24) is 10.2 Å². The molecule has 0 aromatic carbocycles. The molecule has 0 aromatic rings. The first-order chi connectivity index (χ1) is 8.21. The van der Waals surface area contributed by atoms with Gasteiger partial charge in [0.05, 0.1) is 12.6 Å². The van der Waals surface area contributed by atoms with Crippen LogP contribution in [-0.4, -0.2) is 42.3 Å². The molecule has 104 valence electrons. The fourth-order valence-corrected chi connectivity index (χ4v) is 2.17. The summed E-state index contributed by atoms with van der Waals surface area (Å²) in [4.78, 5) is 1.48. The summed E-state index contributed by atoms with van der Waals surface area (Å²) in [5.41, 5.74) is -0.780. The van der Waals surface area contributed by atoms with Crippen LogP contribution >= 0.6 is 0 Å². The largest absolute Gasteiger partial charge is 0.401 e. The zero-order valence-corrected chi connectivity index (χ0v) is 11.0. The van der Waals surface area contributed by atoms with Crippen molar-refractivity contribution in [3.63, 3.8) is 0 Å². The molecule has 1 rings (SSSR count). The molecular weight excluding hydrogens is 243 g/mol. The zero-order chi connectivity index (χ0) is 14.0. The molecule has 1 aliphatic carbocycles. The Morgan fingerprint density at radius 2 is 2.00 bits per heavy atom. The highest BCUT2D eigenvalue weighted by Crippen LogP contribution is 2.33. The van der Waals surface area contributed by atoms with Gasteiger partial charge in [0.2, 0.25) is 0 Å². The molecule has 0 radical (unpaired) electrons. The Hall–Kier alpha value is -0.800. The Kier molecular flexibility index (Phi) is 4.62. The van der Waals surface area contributed by atoms with Crippen molar-refractivity contribution in [2.24, 2.45) is 0 Å². The summed E-state index contributed by atoms with van der Waals surface area (Å²) < 4.78 is 37.6.